The van der Waals surface area contributed by atoms with Crippen molar-refractivity contribution in [2.75, 3.05) is 32.7 Å². The molecule has 6 rings (SSSR count). The van der Waals surface area contributed by atoms with E-state index in [9.17, 15) is 0 Å². The lowest BCUT2D eigenvalue weighted by Gasteiger charge is -2.61. The largest absolute Gasteiger partial charge is 0.299 e. The van der Waals surface area contributed by atoms with Gasteiger partial charge < -0.3 is 0 Å². The van der Waals surface area contributed by atoms with E-state index in [-0.39, 0.29) is 0 Å². The van der Waals surface area contributed by atoms with Crippen molar-refractivity contribution in [1.82, 2.24) is 19.6 Å². The molecule has 4 nitrogen and oxygen atoms in total. The predicted molar refractivity (Wildman–Crippen MR) is 96.2 cm³/mol. The number of piperazine rings is 1. The predicted octanol–water partition coefficient (Wildman–Crippen LogP) is 3.12. The Morgan fingerprint density at radius 3 is 2.12 bits per heavy atom. The topological polar surface area (TPSA) is 24.3 Å². The summed E-state index contributed by atoms with van der Waals surface area (Å²) < 4.78 is 1.97. The van der Waals surface area contributed by atoms with Crippen LogP contribution in [0.4, 0.5) is 0 Å². The van der Waals surface area contributed by atoms with Gasteiger partial charge in [0.05, 0.1) is 17.8 Å². The zero-order valence-corrected chi connectivity index (χ0v) is 15.3. The highest BCUT2D eigenvalue weighted by Gasteiger charge is 2.53. The van der Waals surface area contributed by atoms with Crippen molar-refractivity contribution < 1.29 is 0 Å². The smallest absolute Gasteiger partial charge is 0.0785 e. The van der Waals surface area contributed by atoms with Crippen molar-refractivity contribution in [1.29, 1.82) is 0 Å². The second-order valence-electron chi connectivity index (χ2n) is 8.89. The molecule has 0 N–H and O–H groups in total. The standard InChI is InChI=1S/C19H29ClN4/c20-18-13-21-24(14-18)6-3-22-1-4-23(5-2-22)19-10-15-7-16(11-19)9-17(8-15)12-19/h13-17H,1-12H2. The molecule has 5 heteroatoms. The Kier molecular flexibility index (Phi) is 3.91. The minimum atomic E-state index is 0.594. The highest BCUT2D eigenvalue weighted by molar-refractivity contribution is 6.30. The summed E-state index contributed by atoms with van der Waals surface area (Å²) in [5, 5.41) is 5.03. The summed E-state index contributed by atoms with van der Waals surface area (Å²) in [6.45, 7) is 7.02. The van der Waals surface area contributed by atoms with Gasteiger partial charge in [0.2, 0.25) is 0 Å². The first-order chi connectivity index (χ1) is 11.7. The van der Waals surface area contributed by atoms with E-state index in [1.807, 2.05) is 10.9 Å². The maximum absolute atomic E-state index is 5.95. The molecule has 0 atom stereocenters. The van der Waals surface area contributed by atoms with Crippen molar-refractivity contribution in [3.63, 3.8) is 0 Å². The van der Waals surface area contributed by atoms with Crippen molar-refractivity contribution in [3.05, 3.63) is 17.4 Å². The average molecular weight is 349 g/mol. The molecule has 4 saturated carbocycles. The average Bonchev–Trinajstić information content (AvgIpc) is 2.98. The van der Waals surface area contributed by atoms with Crippen molar-refractivity contribution >= 4 is 11.6 Å². The normalized spacial score (nSPS) is 39.6. The van der Waals surface area contributed by atoms with Gasteiger partial charge in [-0.15, -0.1) is 0 Å². The molecule has 132 valence electrons. The number of aromatic nitrogens is 2. The van der Waals surface area contributed by atoms with Crippen LogP contribution >= 0.6 is 11.6 Å². The van der Waals surface area contributed by atoms with Gasteiger partial charge in [0, 0.05) is 44.5 Å². The summed E-state index contributed by atoms with van der Waals surface area (Å²) in [6.07, 6.45) is 12.8. The van der Waals surface area contributed by atoms with Gasteiger partial charge in [0.25, 0.3) is 0 Å². The molecule has 1 saturated heterocycles. The lowest BCUT2D eigenvalue weighted by atomic mass is 9.52. The lowest BCUT2D eigenvalue weighted by Crippen LogP contribution is -2.63. The molecule has 0 amide bonds. The van der Waals surface area contributed by atoms with Crippen LogP contribution in [0, 0.1) is 17.8 Å². The molecule has 0 aromatic carbocycles. The monoisotopic (exact) mass is 348 g/mol. The number of halogens is 1. The van der Waals surface area contributed by atoms with Gasteiger partial charge in [0.15, 0.2) is 0 Å². The summed E-state index contributed by atoms with van der Waals surface area (Å²) in [4.78, 5) is 5.51. The van der Waals surface area contributed by atoms with Gasteiger partial charge in [-0.2, -0.15) is 5.10 Å². The molecule has 0 unspecified atom stereocenters. The summed E-state index contributed by atoms with van der Waals surface area (Å²) in [7, 11) is 0. The zero-order chi connectivity index (χ0) is 16.1. The van der Waals surface area contributed by atoms with Crippen molar-refractivity contribution in [2.24, 2.45) is 17.8 Å². The molecule has 24 heavy (non-hydrogen) atoms. The van der Waals surface area contributed by atoms with Crippen LogP contribution in [-0.4, -0.2) is 57.8 Å². The second kappa shape index (κ2) is 6.00. The van der Waals surface area contributed by atoms with E-state index in [0.717, 1.165) is 35.9 Å². The van der Waals surface area contributed by atoms with E-state index >= 15 is 0 Å². The van der Waals surface area contributed by atoms with Gasteiger partial charge >= 0.3 is 0 Å². The van der Waals surface area contributed by atoms with Crippen LogP contribution in [0.25, 0.3) is 0 Å². The van der Waals surface area contributed by atoms with Gasteiger partial charge in [-0.3, -0.25) is 14.5 Å². The van der Waals surface area contributed by atoms with Crippen LogP contribution in [0.2, 0.25) is 5.02 Å². The van der Waals surface area contributed by atoms with Crippen LogP contribution < -0.4 is 0 Å². The van der Waals surface area contributed by atoms with Gasteiger partial charge in [-0.05, 0) is 56.3 Å². The SMILES string of the molecule is Clc1cnn(CCN2CCN(C34CC5CC(CC(C5)C3)C4)CC2)c1. The van der Waals surface area contributed by atoms with Gasteiger partial charge in [-0.1, -0.05) is 11.6 Å². The molecule has 1 aromatic heterocycles. The molecule has 1 aromatic rings. The summed E-state index contributed by atoms with van der Waals surface area (Å²) in [5.41, 5.74) is 0.594. The number of hydrogen-bond acceptors (Lipinski definition) is 3. The van der Waals surface area contributed by atoms with E-state index in [1.165, 1.54) is 45.4 Å². The van der Waals surface area contributed by atoms with Crippen LogP contribution in [0.15, 0.2) is 12.4 Å². The Balaban J connectivity index is 1.17. The maximum atomic E-state index is 5.95. The van der Waals surface area contributed by atoms with Crippen molar-refractivity contribution in [2.45, 2.75) is 50.6 Å². The summed E-state index contributed by atoms with van der Waals surface area (Å²) in [6, 6.07) is 0. The Morgan fingerprint density at radius 2 is 1.58 bits per heavy atom. The molecule has 0 radical (unpaired) electrons. The third-order valence-corrected chi connectivity index (χ3v) is 7.49. The Morgan fingerprint density at radius 1 is 0.958 bits per heavy atom. The summed E-state index contributed by atoms with van der Waals surface area (Å²) >= 11 is 5.95. The highest BCUT2D eigenvalue weighted by atomic mass is 35.5. The lowest BCUT2D eigenvalue weighted by molar-refractivity contribution is -0.101. The maximum Gasteiger partial charge on any atom is 0.0785 e. The van der Waals surface area contributed by atoms with Gasteiger partial charge in [0.1, 0.15) is 0 Å². The van der Waals surface area contributed by atoms with Gasteiger partial charge in [-0.25, -0.2) is 0 Å². The van der Waals surface area contributed by atoms with E-state index in [0.29, 0.717) is 5.54 Å². The molecule has 1 aliphatic heterocycles. The molecule has 4 aliphatic carbocycles. The fraction of sp³-hybridized carbons (Fsp3) is 0.842. The highest BCUT2D eigenvalue weighted by Crippen LogP contribution is 2.57. The van der Waals surface area contributed by atoms with Crippen molar-refractivity contribution in [3.8, 4) is 0 Å². The fourth-order valence-corrected chi connectivity index (χ4v) is 6.76. The number of hydrogen-bond donors (Lipinski definition) is 0. The second-order valence-corrected chi connectivity index (χ2v) is 9.33. The fourth-order valence-electron chi connectivity index (χ4n) is 6.60. The third-order valence-electron chi connectivity index (χ3n) is 7.30. The Hall–Kier alpha value is -0.580. The first kappa shape index (κ1) is 15.7. The number of rotatable bonds is 4. The van der Waals surface area contributed by atoms with Crippen LogP contribution in [0.1, 0.15) is 38.5 Å². The van der Waals surface area contributed by atoms with E-state index in [2.05, 4.69) is 14.9 Å². The Bertz CT molecular complexity index is 555. The molecule has 2 heterocycles. The molecule has 0 spiro atoms. The molecular weight excluding hydrogens is 320 g/mol. The quantitative estimate of drug-likeness (QED) is 0.835. The minimum absolute atomic E-state index is 0.594. The molecule has 4 bridgehead atoms. The van der Waals surface area contributed by atoms with Crippen LogP contribution in [0.5, 0.6) is 0 Å². The van der Waals surface area contributed by atoms with E-state index in [1.54, 1.807) is 25.5 Å². The van der Waals surface area contributed by atoms with Crippen LogP contribution in [-0.2, 0) is 6.54 Å². The summed E-state index contributed by atoms with van der Waals surface area (Å²) in [5.74, 6) is 3.16. The van der Waals surface area contributed by atoms with E-state index < -0.39 is 0 Å². The third kappa shape index (κ3) is 2.81. The number of nitrogens with zero attached hydrogens (tertiary/aromatic N) is 4. The minimum Gasteiger partial charge on any atom is -0.299 e. The molecular formula is C19H29ClN4. The zero-order valence-electron chi connectivity index (χ0n) is 14.5. The van der Waals surface area contributed by atoms with E-state index in [4.69, 9.17) is 11.6 Å². The first-order valence-corrected chi connectivity index (χ1v) is 10.2. The van der Waals surface area contributed by atoms with Crippen LogP contribution in [0.3, 0.4) is 0 Å². The molecule has 5 fully saturated rings. The molecule has 5 aliphatic rings. The Labute approximate surface area is 150 Å². The first-order valence-electron chi connectivity index (χ1n) is 9.84.